The molecule has 0 aliphatic rings. The monoisotopic (exact) mass is 299 g/mol. The van der Waals surface area contributed by atoms with Crippen LogP contribution in [0.25, 0.3) is 33.2 Å². The van der Waals surface area contributed by atoms with Crippen molar-refractivity contribution < 1.29 is 3.96 Å². The molecule has 0 aliphatic carbocycles. The molecule has 0 amide bonds. The van der Waals surface area contributed by atoms with E-state index in [0.29, 0.717) is 0 Å². The van der Waals surface area contributed by atoms with Gasteiger partial charge in [0.2, 0.25) is 5.52 Å². The first-order valence-electron chi connectivity index (χ1n) is 6.23. The first-order valence-corrected chi connectivity index (χ1v) is 7.69. The molecule has 4 rings (SSSR count). The van der Waals surface area contributed by atoms with Gasteiger partial charge in [0.05, 0.1) is 18.8 Å². The average molecular weight is 299 g/mol. The Morgan fingerprint density at radius 1 is 0.900 bits per heavy atom. The molecule has 0 saturated carbocycles. The molecule has 0 N–H and O–H groups in total. The van der Waals surface area contributed by atoms with Gasteiger partial charge < -0.3 is 0 Å². The summed E-state index contributed by atoms with van der Waals surface area (Å²) >= 11 is 2.73. The fourth-order valence-electron chi connectivity index (χ4n) is 2.45. The van der Waals surface area contributed by atoms with Crippen LogP contribution in [0, 0.1) is 6.92 Å². The largest absolute Gasteiger partial charge is 0.277 e. The molecule has 2 aromatic heterocycles. The van der Waals surface area contributed by atoms with E-state index in [-0.39, 0.29) is 0 Å². The molecule has 0 saturated heterocycles. The zero-order chi connectivity index (χ0) is 13.7. The van der Waals surface area contributed by atoms with Crippen LogP contribution in [0.5, 0.6) is 0 Å². The van der Waals surface area contributed by atoms with Crippen LogP contribution in [-0.2, 0) is 7.05 Å². The lowest BCUT2D eigenvalue weighted by atomic mass is 10.0. The number of nitrogens with zero attached hydrogens (tertiary/aromatic N) is 4. The third kappa shape index (κ3) is 1.58. The second-order valence-electron chi connectivity index (χ2n) is 4.74. The van der Waals surface area contributed by atoms with Crippen molar-refractivity contribution in [3.8, 4) is 11.1 Å². The summed E-state index contributed by atoms with van der Waals surface area (Å²) < 4.78 is 15.5. The highest BCUT2D eigenvalue weighted by atomic mass is 32.1. The van der Waals surface area contributed by atoms with Gasteiger partial charge in [-0.15, -0.1) is 0 Å². The van der Waals surface area contributed by atoms with Crippen LogP contribution in [0.1, 0.15) is 5.56 Å². The summed E-state index contributed by atoms with van der Waals surface area (Å²) in [6.45, 7) is 2.07. The van der Waals surface area contributed by atoms with E-state index in [1.165, 1.54) is 23.5 Å². The molecular formula is C14H11N4S2+. The Kier molecular flexibility index (Phi) is 2.55. The molecule has 0 atom stereocenters. The van der Waals surface area contributed by atoms with Gasteiger partial charge in [-0.25, -0.2) is 0 Å². The lowest BCUT2D eigenvalue weighted by Crippen LogP contribution is -2.21. The van der Waals surface area contributed by atoms with Crippen LogP contribution in [-0.4, -0.2) is 13.1 Å². The van der Waals surface area contributed by atoms with Gasteiger partial charge in [-0.1, -0.05) is 18.2 Å². The third-order valence-corrected chi connectivity index (χ3v) is 4.75. The summed E-state index contributed by atoms with van der Waals surface area (Å²) in [5.74, 6) is 0. The topological polar surface area (TPSA) is 42.5 Å². The Labute approximate surface area is 124 Å². The summed E-state index contributed by atoms with van der Waals surface area (Å²) in [5, 5.41) is 0. The summed E-state index contributed by atoms with van der Waals surface area (Å²) in [7, 11) is 2.03. The number of rotatable bonds is 1. The number of aromatic nitrogens is 4. The molecule has 98 valence electrons. The first-order chi connectivity index (χ1) is 9.75. The third-order valence-electron chi connectivity index (χ3n) is 3.52. The predicted molar refractivity (Wildman–Crippen MR) is 81.9 cm³/mol. The van der Waals surface area contributed by atoms with E-state index >= 15 is 0 Å². The van der Waals surface area contributed by atoms with E-state index in [1.54, 1.807) is 0 Å². The number of fused-ring (bicyclic) bond motifs is 2. The van der Waals surface area contributed by atoms with Gasteiger partial charge in [-0.05, 0) is 24.6 Å². The molecule has 0 spiro atoms. The number of hydrogen-bond acceptors (Lipinski definition) is 5. The SMILES string of the molecule is Cc1ccc(-c2cccc3c2ns[n+]3C)c2nsnc12. The highest BCUT2D eigenvalue weighted by Crippen LogP contribution is 2.32. The smallest absolute Gasteiger partial charge is 0.173 e. The summed E-state index contributed by atoms with van der Waals surface area (Å²) in [6.07, 6.45) is 0. The molecule has 0 fully saturated rings. The molecule has 4 nitrogen and oxygen atoms in total. The van der Waals surface area contributed by atoms with Crippen molar-refractivity contribution in [3.63, 3.8) is 0 Å². The molecule has 0 radical (unpaired) electrons. The van der Waals surface area contributed by atoms with Crippen molar-refractivity contribution in [1.29, 1.82) is 0 Å². The minimum absolute atomic E-state index is 0.971. The van der Waals surface area contributed by atoms with Crippen LogP contribution in [0.4, 0.5) is 0 Å². The summed E-state index contributed by atoms with van der Waals surface area (Å²) in [4.78, 5) is 0. The minimum Gasteiger partial charge on any atom is -0.173 e. The Hall–Kier alpha value is -1.92. The van der Waals surface area contributed by atoms with E-state index in [9.17, 15) is 0 Å². The van der Waals surface area contributed by atoms with Gasteiger partial charge in [0.1, 0.15) is 11.0 Å². The molecule has 6 heteroatoms. The lowest BCUT2D eigenvalue weighted by Gasteiger charge is -2.02. The maximum Gasteiger partial charge on any atom is 0.277 e. The second kappa shape index (κ2) is 4.29. The number of aryl methyl sites for hydroxylation is 2. The molecule has 0 aliphatic heterocycles. The van der Waals surface area contributed by atoms with Crippen LogP contribution in [0.15, 0.2) is 30.3 Å². The quantitative estimate of drug-likeness (QED) is 0.507. The minimum atomic E-state index is 0.971. The fraction of sp³-hybridized carbons (Fsp3) is 0.143. The molecule has 4 aromatic rings. The van der Waals surface area contributed by atoms with Crippen LogP contribution in [0.3, 0.4) is 0 Å². The van der Waals surface area contributed by atoms with Crippen LogP contribution < -0.4 is 3.96 Å². The lowest BCUT2D eigenvalue weighted by molar-refractivity contribution is -0.573. The van der Waals surface area contributed by atoms with Gasteiger partial charge in [0, 0.05) is 15.5 Å². The predicted octanol–water partition coefficient (Wildman–Crippen LogP) is 3.10. The van der Waals surface area contributed by atoms with Crippen molar-refractivity contribution >= 4 is 45.5 Å². The summed E-state index contributed by atoms with van der Waals surface area (Å²) in [6, 6.07) is 10.5. The normalized spacial score (nSPS) is 11.5. The molecule has 0 unspecified atom stereocenters. The zero-order valence-electron chi connectivity index (χ0n) is 11.0. The van der Waals surface area contributed by atoms with E-state index < -0.39 is 0 Å². The Balaban J connectivity index is 2.11. The van der Waals surface area contributed by atoms with Crippen molar-refractivity contribution in [2.75, 3.05) is 0 Å². The molecule has 2 heterocycles. The zero-order valence-corrected chi connectivity index (χ0v) is 12.6. The summed E-state index contributed by atoms with van der Waals surface area (Å²) in [5.41, 5.74) is 7.52. The molecule has 20 heavy (non-hydrogen) atoms. The Morgan fingerprint density at radius 3 is 2.60 bits per heavy atom. The maximum absolute atomic E-state index is 4.57. The van der Waals surface area contributed by atoms with Crippen molar-refractivity contribution in [2.45, 2.75) is 6.92 Å². The van der Waals surface area contributed by atoms with Crippen LogP contribution >= 0.6 is 23.5 Å². The number of hydrogen-bond donors (Lipinski definition) is 0. The van der Waals surface area contributed by atoms with Crippen LogP contribution in [0.2, 0.25) is 0 Å². The molecule has 2 aromatic carbocycles. The van der Waals surface area contributed by atoms with Gasteiger partial charge in [0.15, 0.2) is 5.52 Å². The average Bonchev–Trinajstić information content (AvgIpc) is 3.08. The molecule has 0 bridgehead atoms. The van der Waals surface area contributed by atoms with E-state index in [0.717, 1.165) is 38.8 Å². The van der Waals surface area contributed by atoms with Crippen molar-refractivity contribution in [1.82, 2.24) is 13.1 Å². The maximum atomic E-state index is 4.57. The molecular weight excluding hydrogens is 288 g/mol. The van der Waals surface area contributed by atoms with Crippen molar-refractivity contribution in [3.05, 3.63) is 35.9 Å². The second-order valence-corrected chi connectivity index (χ2v) is 6.16. The van der Waals surface area contributed by atoms with E-state index in [2.05, 4.69) is 54.3 Å². The van der Waals surface area contributed by atoms with Gasteiger partial charge >= 0.3 is 0 Å². The van der Waals surface area contributed by atoms with Crippen molar-refractivity contribution in [2.24, 2.45) is 7.05 Å². The van der Waals surface area contributed by atoms with Gasteiger partial charge in [-0.2, -0.15) is 12.7 Å². The fourth-order valence-corrected chi connectivity index (χ4v) is 3.70. The Bertz CT molecular complexity index is 930. The first kappa shape index (κ1) is 11.9. The highest BCUT2D eigenvalue weighted by Gasteiger charge is 2.19. The Morgan fingerprint density at radius 2 is 1.70 bits per heavy atom. The standard InChI is InChI=1S/C14H11N4S2/c1-8-6-7-10(14-12(8)15-19-16-14)9-4-3-5-11-13(9)17-20-18(11)2/h3-7H,1-2H3/q+1. The van der Waals surface area contributed by atoms with E-state index in [4.69, 9.17) is 0 Å². The van der Waals surface area contributed by atoms with Gasteiger partial charge in [0.25, 0.3) is 11.7 Å². The van der Waals surface area contributed by atoms with E-state index in [1.807, 2.05) is 7.05 Å². The highest BCUT2D eigenvalue weighted by molar-refractivity contribution is 7.00. The van der Waals surface area contributed by atoms with Gasteiger partial charge in [-0.3, -0.25) is 0 Å². The number of benzene rings is 2.